The van der Waals surface area contributed by atoms with E-state index in [-0.39, 0.29) is 5.91 Å². The van der Waals surface area contributed by atoms with Crippen LogP contribution in [-0.4, -0.2) is 34.1 Å². The van der Waals surface area contributed by atoms with E-state index < -0.39 is 0 Å². The first-order valence-electron chi connectivity index (χ1n) is 5.01. The molecular weight excluding hydrogens is 194 g/mol. The van der Waals surface area contributed by atoms with Crippen molar-refractivity contribution in [1.29, 1.82) is 0 Å². The van der Waals surface area contributed by atoms with Crippen molar-refractivity contribution in [3.05, 3.63) is 23.8 Å². The monoisotopic (exact) mass is 207 g/mol. The highest BCUT2D eigenvalue weighted by molar-refractivity contribution is 5.91. The van der Waals surface area contributed by atoms with Gasteiger partial charge in [-0.3, -0.25) is 14.6 Å². The molecule has 0 saturated carbocycles. The van der Waals surface area contributed by atoms with Crippen LogP contribution in [0, 0.1) is 6.92 Å². The van der Waals surface area contributed by atoms with Gasteiger partial charge in [-0.05, 0) is 19.8 Å². The molecule has 5 nitrogen and oxygen atoms in total. The Morgan fingerprint density at radius 1 is 1.40 bits per heavy atom. The predicted molar refractivity (Wildman–Crippen MR) is 53.0 cm³/mol. The zero-order valence-corrected chi connectivity index (χ0v) is 8.64. The summed E-state index contributed by atoms with van der Waals surface area (Å²) in [6.07, 6.45) is 5.04. The highest BCUT2D eigenvalue weighted by atomic mass is 16.7. The number of rotatable bonds is 1. The highest BCUT2D eigenvalue weighted by Crippen LogP contribution is 2.09. The van der Waals surface area contributed by atoms with Crippen LogP contribution in [0.4, 0.5) is 0 Å². The van der Waals surface area contributed by atoms with Crippen molar-refractivity contribution in [3.8, 4) is 0 Å². The summed E-state index contributed by atoms with van der Waals surface area (Å²) in [5.41, 5.74) is 1.13. The second-order valence-electron chi connectivity index (χ2n) is 3.49. The largest absolute Gasteiger partial charge is 0.297 e. The molecule has 1 amide bonds. The van der Waals surface area contributed by atoms with Gasteiger partial charge in [-0.25, -0.2) is 10.0 Å². The molecular formula is C10H13N3O2. The van der Waals surface area contributed by atoms with Crippen LogP contribution in [0.3, 0.4) is 0 Å². The average Bonchev–Trinajstić information content (AvgIpc) is 2.30. The molecule has 1 aromatic rings. The minimum absolute atomic E-state index is 0.206. The van der Waals surface area contributed by atoms with E-state index in [1.807, 2.05) is 6.92 Å². The SMILES string of the molecule is Cc1cnc(C(=O)N2CCCCO2)cn1. The lowest BCUT2D eigenvalue weighted by atomic mass is 10.3. The van der Waals surface area contributed by atoms with Crippen LogP contribution >= 0.6 is 0 Å². The van der Waals surface area contributed by atoms with Gasteiger partial charge in [0.2, 0.25) is 0 Å². The molecule has 0 aliphatic carbocycles. The molecule has 0 spiro atoms. The summed E-state index contributed by atoms with van der Waals surface area (Å²) in [7, 11) is 0. The molecule has 0 unspecified atom stereocenters. The fourth-order valence-corrected chi connectivity index (χ4v) is 1.39. The topological polar surface area (TPSA) is 55.3 Å². The first-order chi connectivity index (χ1) is 7.27. The number of nitrogens with zero attached hydrogens (tertiary/aromatic N) is 3. The molecule has 0 atom stereocenters. The summed E-state index contributed by atoms with van der Waals surface area (Å²) < 4.78 is 0. The minimum atomic E-state index is -0.206. The maximum absolute atomic E-state index is 11.8. The number of hydrogen-bond acceptors (Lipinski definition) is 4. The van der Waals surface area contributed by atoms with Crippen molar-refractivity contribution < 1.29 is 9.63 Å². The van der Waals surface area contributed by atoms with Crippen molar-refractivity contribution in [1.82, 2.24) is 15.0 Å². The Kier molecular flexibility index (Phi) is 2.91. The minimum Gasteiger partial charge on any atom is -0.271 e. The van der Waals surface area contributed by atoms with Crippen LogP contribution in [0.1, 0.15) is 29.0 Å². The van der Waals surface area contributed by atoms with E-state index in [1.165, 1.54) is 11.3 Å². The van der Waals surface area contributed by atoms with Gasteiger partial charge in [0.15, 0.2) is 0 Å². The van der Waals surface area contributed by atoms with E-state index >= 15 is 0 Å². The van der Waals surface area contributed by atoms with E-state index in [2.05, 4.69) is 9.97 Å². The van der Waals surface area contributed by atoms with Crippen LogP contribution in [-0.2, 0) is 4.84 Å². The summed E-state index contributed by atoms with van der Waals surface area (Å²) in [6, 6.07) is 0. The second-order valence-corrected chi connectivity index (χ2v) is 3.49. The maximum Gasteiger partial charge on any atom is 0.297 e. The van der Waals surface area contributed by atoms with Gasteiger partial charge in [0.1, 0.15) is 5.69 Å². The maximum atomic E-state index is 11.8. The molecule has 1 aliphatic rings. The normalized spacial score (nSPS) is 16.5. The van der Waals surface area contributed by atoms with E-state index in [0.29, 0.717) is 18.8 Å². The summed E-state index contributed by atoms with van der Waals surface area (Å²) in [6.45, 7) is 3.07. The smallest absolute Gasteiger partial charge is 0.271 e. The van der Waals surface area contributed by atoms with Crippen molar-refractivity contribution in [2.75, 3.05) is 13.2 Å². The molecule has 1 aliphatic heterocycles. The number of carbonyl (C=O) groups is 1. The van der Waals surface area contributed by atoms with Gasteiger partial charge in [-0.2, -0.15) is 0 Å². The molecule has 2 heterocycles. The molecule has 0 aromatic carbocycles. The van der Waals surface area contributed by atoms with E-state index in [4.69, 9.17) is 4.84 Å². The van der Waals surface area contributed by atoms with Gasteiger partial charge >= 0.3 is 0 Å². The number of aromatic nitrogens is 2. The van der Waals surface area contributed by atoms with Crippen LogP contribution in [0.25, 0.3) is 0 Å². The van der Waals surface area contributed by atoms with E-state index in [9.17, 15) is 4.79 Å². The molecule has 1 fully saturated rings. The third-order valence-electron chi connectivity index (χ3n) is 2.23. The Balaban J connectivity index is 2.09. The van der Waals surface area contributed by atoms with Gasteiger partial charge < -0.3 is 0 Å². The number of amides is 1. The lowest BCUT2D eigenvalue weighted by molar-refractivity contribution is -0.144. The zero-order chi connectivity index (χ0) is 10.7. The van der Waals surface area contributed by atoms with Gasteiger partial charge in [-0.1, -0.05) is 0 Å². The predicted octanol–water partition coefficient (Wildman–Crippen LogP) is 0.953. The first-order valence-corrected chi connectivity index (χ1v) is 5.01. The van der Waals surface area contributed by atoms with Crippen LogP contribution in [0.15, 0.2) is 12.4 Å². The number of hydroxylamine groups is 2. The molecule has 15 heavy (non-hydrogen) atoms. The average molecular weight is 207 g/mol. The van der Waals surface area contributed by atoms with Crippen LogP contribution < -0.4 is 0 Å². The quantitative estimate of drug-likeness (QED) is 0.688. The van der Waals surface area contributed by atoms with E-state index in [1.54, 1.807) is 6.20 Å². The lowest BCUT2D eigenvalue weighted by Gasteiger charge is -2.25. The standard InChI is InChI=1S/C10H13N3O2/c1-8-6-12-9(7-11-8)10(14)13-4-2-3-5-15-13/h6-7H,2-5H2,1H3. The van der Waals surface area contributed by atoms with Gasteiger partial charge in [-0.15, -0.1) is 0 Å². The van der Waals surface area contributed by atoms with Gasteiger partial charge in [0.25, 0.3) is 5.91 Å². The third-order valence-corrected chi connectivity index (χ3v) is 2.23. The lowest BCUT2D eigenvalue weighted by Crippen LogP contribution is -2.36. The number of aryl methyl sites for hydroxylation is 1. The third kappa shape index (κ3) is 2.30. The molecule has 5 heteroatoms. The van der Waals surface area contributed by atoms with Crippen molar-refractivity contribution in [2.24, 2.45) is 0 Å². The Morgan fingerprint density at radius 3 is 2.87 bits per heavy atom. The van der Waals surface area contributed by atoms with Crippen molar-refractivity contribution in [3.63, 3.8) is 0 Å². The van der Waals surface area contributed by atoms with Crippen LogP contribution in [0.2, 0.25) is 0 Å². The Hall–Kier alpha value is -1.49. The molecule has 80 valence electrons. The second kappa shape index (κ2) is 4.35. The summed E-state index contributed by atoms with van der Waals surface area (Å²) in [4.78, 5) is 25.1. The fraction of sp³-hybridized carbons (Fsp3) is 0.500. The summed E-state index contributed by atoms with van der Waals surface area (Å²) in [5, 5.41) is 1.36. The summed E-state index contributed by atoms with van der Waals surface area (Å²) in [5.74, 6) is -0.206. The zero-order valence-electron chi connectivity index (χ0n) is 8.64. The van der Waals surface area contributed by atoms with Gasteiger partial charge in [0, 0.05) is 12.7 Å². The van der Waals surface area contributed by atoms with Crippen LogP contribution in [0.5, 0.6) is 0 Å². The molecule has 1 saturated heterocycles. The fourth-order valence-electron chi connectivity index (χ4n) is 1.39. The Labute approximate surface area is 88.0 Å². The number of carbonyl (C=O) groups excluding carboxylic acids is 1. The van der Waals surface area contributed by atoms with Crippen molar-refractivity contribution >= 4 is 5.91 Å². The Bertz CT molecular complexity index is 344. The molecule has 1 aromatic heterocycles. The Morgan fingerprint density at radius 2 is 2.27 bits per heavy atom. The van der Waals surface area contributed by atoms with Crippen molar-refractivity contribution in [2.45, 2.75) is 19.8 Å². The molecule has 0 radical (unpaired) electrons. The van der Waals surface area contributed by atoms with E-state index in [0.717, 1.165) is 18.5 Å². The molecule has 2 rings (SSSR count). The number of hydrogen-bond donors (Lipinski definition) is 0. The first kappa shape index (κ1) is 10.0. The molecule has 0 bridgehead atoms. The molecule has 0 N–H and O–H groups in total. The van der Waals surface area contributed by atoms with Gasteiger partial charge in [0.05, 0.1) is 18.5 Å². The summed E-state index contributed by atoms with van der Waals surface area (Å²) >= 11 is 0. The highest BCUT2D eigenvalue weighted by Gasteiger charge is 2.20.